The normalized spacial score (nSPS) is 12.9. The minimum Gasteiger partial charge on any atom is -0.307 e. The first-order valence-corrected chi connectivity index (χ1v) is 5.93. The Kier molecular flexibility index (Phi) is 3.49. The van der Waals surface area contributed by atoms with E-state index >= 15 is 0 Å². The van der Waals surface area contributed by atoms with Crippen molar-refractivity contribution in [2.45, 2.75) is 19.5 Å². The van der Waals surface area contributed by atoms with Crippen LogP contribution >= 0.6 is 11.6 Å². The summed E-state index contributed by atoms with van der Waals surface area (Å²) < 4.78 is 3.74. The fourth-order valence-electron chi connectivity index (χ4n) is 2.00. The fraction of sp³-hybridized carbons (Fsp3) is 0.455. The van der Waals surface area contributed by atoms with E-state index in [4.69, 9.17) is 11.6 Å². The van der Waals surface area contributed by atoms with E-state index in [-0.39, 0.29) is 6.04 Å². The molecule has 1 N–H and O–H groups in total. The SMILES string of the molecule is CCn1ncc(Cl)c1C(NC)c1ccnn1C. The first-order chi connectivity index (χ1) is 8.19. The van der Waals surface area contributed by atoms with Gasteiger partial charge >= 0.3 is 0 Å². The maximum atomic E-state index is 6.21. The van der Waals surface area contributed by atoms with Crippen LogP contribution in [0.2, 0.25) is 5.02 Å². The molecule has 0 amide bonds. The van der Waals surface area contributed by atoms with Gasteiger partial charge in [-0.1, -0.05) is 11.6 Å². The number of nitrogens with zero attached hydrogens (tertiary/aromatic N) is 4. The van der Waals surface area contributed by atoms with Crippen LogP contribution in [0.1, 0.15) is 24.4 Å². The molecule has 0 aliphatic heterocycles. The molecule has 17 heavy (non-hydrogen) atoms. The van der Waals surface area contributed by atoms with Gasteiger partial charge in [0.2, 0.25) is 0 Å². The Hall–Kier alpha value is -1.33. The number of nitrogens with one attached hydrogen (secondary N) is 1. The van der Waals surface area contributed by atoms with E-state index in [0.29, 0.717) is 5.02 Å². The van der Waals surface area contributed by atoms with Crippen molar-refractivity contribution in [3.05, 3.63) is 34.9 Å². The van der Waals surface area contributed by atoms with E-state index in [0.717, 1.165) is 17.9 Å². The van der Waals surface area contributed by atoms with Crippen LogP contribution in [0.5, 0.6) is 0 Å². The molecular formula is C11H16ClN5. The summed E-state index contributed by atoms with van der Waals surface area (Å²) in [7, 11) is 3.82. The molecule has 2 rings (SSSR count). The third kappa shape index (κ3) is 2.08. The van der Waals surface area contributed by atoms with Gasteiger partial charge in [-0.05, 0) is 20.0 Å². The molecule has 0 aliphatic rings. The molecule has 0 saturated carbocycles. The van der Waals surface area contributed by atoms with Crippen LogP contribution in [-0.2, 0) is 13.6 Å². The summed E-state index contributed by atoms with van der Waals surface area (Å²) in [5.41, 5.74) is 2.03. The zero-order chi connectivity index (χ0) is 12.4. The number of hydrogen-bond acceptors (Lipinski definition) is 3. The molecule has 0 fully saturated rings. The van der Waals surface area contributed by atoms with Crippen molar-refractivity contribution in [1.82, 2.24) is 24.9 Å². The molecule has 2 aromatic heterocycles. The van der Waals surface area contributed by atoms with Crippen LogP contribution in [0.3, 0.4) is 0 Å². The average Bonchev–Trinajstić information content (AvgIpc) is 2.89. The van der Waals surface area contributed by atoms with E-state index in [1.165, 1.54) is 0 Å². The number of aryl methyl sites for hydroxylation is 2. The van der Waals surface area contributed by atoms with E-state index in [1.807, 2.05) is 36.4 Å². The van der Waals surface area contributed by atoms with Crippen LogP contribution in [-0.4, -0.2) is 26.6 Å². The van der Waals surface area contributed by atoms with E-state index < -0.39 is 0 Å². The summed E-state index contributed by atoms with van der Waals surface area (Å²) in [5.74, 6) is 0. The highest BCUT2D eigenvalue weighted by atomic mass is 35.5. The quantitative estimate of drug-likeness (QED) is 0.900. The summed E-state index contributed by atoms with van der Waals surface area (Å²) in [6.07, 6.45) is 3.46. The van der Waals surface area contributed by atoms with Gasteiger partial charge in [0, 0.05) is 19.8 Å². The number of halogens is 1. The monoisotopic (exact) mass is 253 g/mol. The second kappa shape index (κ2) is 4.89. The van der Waals surface area contributed by atoms with Gasteiger partial charge in [0.1, 0.15) is 0 Å². The Morgan fingerprint density at radius 1 is 1.47 bits per heavy atom. The zero-order valence-electron chi connectivity index (χ0n) is 10.2. The molecule has 0 aromatic carbocycles. The lowest BCUT2D eigenvalue weighted by Gasteiger charge is -2.18. The molecule has 5 nitrogen and oxygen atoms in total. The van der Waals surface area contributed by atoms with Gasteiger partial charge in [-0.3, -0.25) is 9.36 Å². The Bertz CT molecular complexity index is 502. The Morgan fingerprint density at radius 2 is 2.24 bits per heavy atom. The van der Waals surface area contributed by atoms with Gasteiger partial charge in [0.15, 0.2) is 0 Å². The molecule has 0 radical (unpaired) electrons. The fourth-order valence-corrected chi connectivity index (χ4v) is 2.25. The predicted molar refractivity (Wildman–Crippen MR) is 67.0 cm³/mol. The number of hydrogen-bond donors (Lipinski definition) is 1. The van der Waals surface area contributed by atoms with Gasteiger partial charge in [-0.15, -0.1) is 0 Å². The first kappa shape index (κ1) is 12.1. The molecule has 6 heteroatoms. The van der Waals surface area contributed by atoms with Crippen molar-refractivity contribution in [2.24, 2.45) is 7.05 Å². The summed E-state index contributed by atoms with van der Waals surface area (Å²) in [4.78, 5) is 0. The van der Waals surface area contributed by atoms with Crippen molar-refractivity contribution in [2.75, 3.05) is 7.05 Å². The highest BCUT2D eigenvalue weighted by molar-refractivity contribution is 6.31. The van der Waals surface area contributed by atoms with Crippen LogP contribution in [0.4, 0.5) is 0 Å². The molecule has 0 aliphatic carbocycles. The standard InChI is InChI=1S/C11H16ClN5/c1-4-17-11(8(12)7-15-17)10(13-2)9-5-6-14-16(9)3/h5-7,10,13H,4H2,1-3H3. The Balaban J connectivity index is 2.49. The van der Waals surface area contributed by atoms with Crippen LogP contribution in [0.25, 0.3) is 0 Å². The number of rotatable bonds is 4. The Labute approximate surface area is 105 Å². The molecule has 0 spiro atoms. The van der Waals surface area contributed by atoms with Crippen molar-refractivity contribution in [1.29, 1.82) is 0 Å². The summed E-state index contributed by atoms with van der Waals surface area (Å²) >= 11 is 6.21. The molecule has 92 valence electrons. The molecule has 2 heterocycles. The molecular weight excluding hydrogens is 238 g/mol. The molecule has 2 aromatic rings. The highest BCUT2D eigenvalue weighted by Gasteiger charge is 2.22. The summed E-state index contributed by atoms with van der Waals surface area (Å²) in [6.45, 7) is 2.83. The van der Waals surface area contributed by atoms with E-state index in [1.54, 1.807) is 12.4 Å². The summed E-state index contributed by atoms with van der Waals surface area (Å²) in [5, 5.41) is 12.4. The third-order valence-corrected chi connectivity index (χ3v) is 3.14. The van der Waals surface area contributed by atoms with E-state index in [9.17, 15) is 0 Å². The van der Waals surface area contributed by atoms with Gasteiger partial charge in [-0.2, -0.15) is 10.2 Å². The maximum Gasteiger partial charge on any atom is 0.0931 e. The molecule has 0 saturated heterocycles. The minimum atomic E-state index is -0.00236. The maximum absolute atomic E-state index is 6.21. The van der Waals surface area contributed by atoms with Crippen molar-refractivity contribution >= 4 is 11.6 Å². The van der Waals surface area contributed by atoms with Gasteiger partial charge < -0.3 is 5.32 Å². The average molecular weight is 254 g/mol. The van der Waals surface area contributed by atoms with Crippen molar-refractivity contribution in [3.63, 3.8) is 0 Å². The van der Waals surface area contributed by atoms with Crippen molar-refractivity contribution < 1.29 is 0 Å². The second-order valence-electron chi connectivity index (χ2n) is 3.79. The third-order valence-electron chi connectivity index (χ3n) is 2.85. The van der Waals surface area contributed by atoms with Gasteiger partial charge in [0.05, 0.1) is 28.6 Å². The number of aromatic nitrogens is 4. The van der Waals surface area contributed by atoms with Gasteiger partial charge in [0.25, 0.3) is 0 Å². The van der Waals surface area contributed by atoms with Crippen LogP contribution in [0, 0.1) is 0 Å². The van der Waals surface area contributed by atoms with E-state index in [2.05, 4.69) is 15.5 Å². The van der Waals surface area contributed by atoms with Gasteiger partial charge in [-0.25, -0.2) is 0 Å². The highest BCUT2D eigenvalue weighted by Crippen LogP contribution is 2.27. The summed E-state index contributed by atoms with van der Waals surface area (Å²) in [6, 6.07) is 1.97. The lowest BCUT2D eigenvalue weighted by atomic mass is 10.1. The first-order valence-electron chi connectivity index (χ1n) is 5.55. The lowest BCUT2D eigenvalue weighted by Crippen LogP contribution is -2.24. The Morgan fingerprint density at radius 3 is 2.76 bits per heavy atom. The van der Waals surface area contributed by atoms with Crippen LogP contribution < -0.4 is 5.32 Å². The molecule has 1 unspecified atom stereocenters. The van der Waals surface area contributed by atoms with Crippen molar-refractivity contribution in [3.8, 4) is 0 Å². The lowest BCUT2D eigenvalue weighted by molar-refractivity contribution is 0.535. The zero-order valence-corrected chi connectivity index (χ0v) is 10.9. The topological polar surface area (TPSA) is 47.7 Å². The second-order valence-corrected chi connectivity index (χ2v) is 4.20. The largest absolute Gasteiger partial charge is 0.307 e. The minimum absolute atomic E-state index is 0.00236. The molecule has 0 bridgehead atoms. The van der Waals surface area contributed by atoms with Crippen LogP contribution in [0.15, 0.2) is 18.5 Å². The smallest absolute Gasteiger partial charge is 0.0931 e. The predicted octanol–water partition coefficient (Wildman–Crippen LogP) is 1.60. The molecule has 1 atom stereocenters.